The number of likely N-dealkylation sites (tertiary alicyclic amines) is 1. The summed E-state index contributed by atoms with van der Waals surface area (Å²) in [5.74, 6) is 2.92. The number of pyridine rings is 2. The van der Waals surface area contributed by atoms with Crippen molar-refractivity contribution in [3.05, 3.63) is 59.6 Å². The number of aryl methyl sites for hydroxylation is 2. The second-order valence-corrected chi connectivity index (χ2v) is 7.69. The molecule has 1 aliphatic heterocycles. The number of hydrogen-bond acceptors (Lipinski definition) is 7. The molecule has 0 saturated carbocycles. The fourth-order valence-electron chi connectivity index (χ4n) is 3.74. The second kappa shape index (κ2) is 9.04. The van der Waals surface area contributed by atoms with Crippen molar-refractivity contribution in [2.75, 3.05) is 30.3 Å². The zero-order valence-electron chi connectivity index (χ0n) is 17.3. The fourth-order valence-corrected chi connectivity index (χ4v) is 3.74. The van der Waals surface area contributed by atoms with Gasteiger partial charge < -0.3 is 15.2 Å². The minimum atomic E-state index is -0.0852. The third kappa shape index (κ3) is 5.01. The number of carbonyl (C=O) groups excluding carboxylic acids is 1. The van der Waals surface area contributed by atoms with Crippen LogP contribution in [0.15, 0.2) is 47.1 Å². The first kappa shape index (κ1) is 20.0. The van der Waals surface area contributed by atoms with Gasteiger partial charge in [-0.25, -0.2) is 9.97 Å². The molecule has 156 valence electrons. The largest absolute Gasteiger partial charge is 0.360 e. The SMILES string of the molecule is Cc1cc(NC(=O)CN2CCC[C@@H](c3cccc(Nc4ncccc4C)n3)C2)no1. The van der Waals surface area contributed by atoms with Gasteiger partial charge in [0, 0.05) is 30.4 Å². The molecule has 1 amide bonds. The van der Waals surface area contributed by atoms with E-state index in [1.165, 1.54) is 0 Å². The van der Waals surface area contributed by atoms with E-state index in [4.69, 9.17) is 9.51 Å². The summed E-state index contributed by atoms with van der Waals surface area (Å²) in [5.41, 5.74) is 2.10. The van der Waals surface area contributed by atoms with Gasteiger partial charge in [0.1, 0.15) is 17.4 Å². The molecule has 1 aliphatic rings. The molecule has 0 radical (unpaired) electrons. The molecule has 30 heavy (non-hydrogen) atoms. The first-order chi connectivity index (χ1) is 14.6. The highest BCUT2D eigenvalue weighted by molar-refractivity contribution is 5.91. The van der Waals surface area contributed by atoms with Crippen LogP contribution in [0.5, 0.6) is 0 Å². The Morgan fingerprint density at radius 3 is 2.93 bits per heavy atom. The van der Waals surface area contributed by atoms with E-state index in [0.29, 0.717) is 18.1 Å². The summed E-state index contributed by atoms with van der Waals surface area (Å²) in [5, 5.41) is 9.91. The third-order valence-corrected chi connectivity index (χ3v) is 5.21. The van der Waals surface area contributed by atoms with Crippen LogP contribution >= 0.6 is 0 Å². The molecule has 0 bridgehead atoms. The maximum Gasteiger partial charge on any atom is 0.239 e. The molecule has 0 aromatic carbocycles. The number of amides is 1. The number of rotatable bonds is 6. The van der Waals surface area contributed by atoms with E-state index < -0.39 is 0 Å². The van der Waals surface area contributed by atoms with Gasteiger partial charge in [-0.2, -0.15) is 0 Å². The lowest BCUT2D eigenvalue weighted by atomic mass is 9.94. The summed E-state index contributed by atoms with van der Waals surface area (Å²) in [6, 6.07) is 11.7. The molecule has 8 nitrogen and oxygen atoms in total. The summed E-state index contributed by atoms with van der Waals surface area (Å²) in [7, 11) is 0. The van der Waals surface area contributed by atoms with E-state index in [0.717, 1.165) is 48.8 Å². The fraction of sp³-hybridized carbons (Fsp3) is 0.364. The molecule has 1 atom stereocenters. The smallest absolute Gasteiger partial charge is 0.239 e. The van der Waals surface area contributed by atoms with Gasteiger partial charge in [0.25, 0.3) is 0 Å². The summed E-state index contributed by atoms with van der Waals surface area (Å²) in [4.78, 5) is 23.7. The molecule has 3 aromatic heterocycles. The van der Waals surface area contributed by atoms with Crippen LogP contribution in [0.2, 0.25) is 0 Å². The topological polar surface area (TPSA) is 96.2 Å². The van der Waals surface area contributed by atoms with Gasteiger partial charge >= 0.3 is 0 Å². The van der Waals surface area contributed by atoms with Crippen molar-refractivity contribution in [3.63, 3.8) is 0 Å². The maximum absolute atomic E-state index is 12.4. The van der Waals surface area contributed by atoms with Gasteiger partial charge in [-0.15, -0.1) is 0 Å². The van der Waals surface area contributed by atoms with Crippen LogP contribution in [0.1, 0.15) is 35.8 Å². The number of nitrogens with one attached hydrogen (secondary N) is 2. The molecule has 0 unspecified atom stereocenters. The number of anilines is 3. The molecular formula is C22H26N6O2. The standard InChI is InChI=1S/C22H26N6O2/c1-15-6-4-10-23-22(15)26-19-9-3-8-18(24-19)17-7-5-11-28(13-17)14-21(29)25-20-12-16(2)30-27-20/h3-4,6,8-10,12,17H,5,7,11,13-14H2,1-2H3,(H,23,24,26)(H,25,27,29)/t17-/m1/s1. The van der Waals surface area contributed by atoms with E-state index in [1.807, 2.05) is 31.2 Å². The first-order valence-electron chi connectivity index (χ1n) is 10.2. The molecule has 0 spiro atoms. The Labute approximate surface area is 175 Å². The molecule has 3 aromatic rings. The molecule has 4 heterocycles. The van der Waals surface area contributed by atoms with Crippen molar-refractivity contribution in [2.45, 2.75) is 32.6 Å². The lowest BCUT2D eigenvalue weighted by Gasteiger charge is -2.32. The van der Waals surface area contributed by atoms with Crippen LogP contribution in [0.3, 0.4) is 0 Å². The monoisotopic (exact) mass is 406 g/mol. The average molecular weight is 406 g/mol. The van der Waals surface area contributed by atoms with E-state index in [9.17, 15) is 4.79 Å². The molecule has 1 fully saturated rings. The Morgan fingerprint density at radius 1 is 1.23 bits per heavy atom. The van der Waals surface area contributed by atoms with Gasteiger partial charge in [-0.05, 0) is 57.0 Å². The lowest BCUT2D eigenvalue weighted by molar-refractivity contribution is -0.117. The van der Waals surface area contributed by atoms with Crippen LogP contribution in [0.4, 0.5) is 17.5 Å². The quantitative estimate of drug-likeness (QED) is 0.645. The number of carbonyl (C=O) groups is 1. The van der Waals surface area contributed by atoms with Crippen molar-refractivity contribution >= 4 is 23.4 Å². The van der Waals surface area contributed by atoms with E-state index in [-0.39, 0.29) is 11.8 Å². The highest BCUT2D eigenvalue weighted by atomic mass is 16.5. The molecule has 1 saturated heterocycles. The van der Waals surface area contributed by atoms with Crippen LogP contribution in [-0.4, -0.2) is 45.6 Å². The lowest BCUT2D eigenvalue weighted by Crippen LogP contribution is -2.40. The minimum Gasteiger partial charge on any atom is -0.360 e. The zero-order valence-corrected chi connectivity index (χ0v) is 17.3. The highest BCUT2D eigenvalue weighted by Gasteiger charge is 2.24. The van der Waals surface area contributed by atoms with Crippen LogP contribution < -0.4 is 10.6 Å². The summed E-state index contributed by atoms with van der Waals surface area (Å²) < 4.78 is 4.99. The van der Waals surface area contributed by atoms with Crippen molar-refractivity contribution in [3.8, 4) is 0 Å². The van der Waals surface area contributed by atoms with Crippen LogP contribution in [0, 0.1) is 13.8 Å². The third-order valence-electron chi connectivity index (χ3n) is 5.21. The number of aromatic nitrogens is 3. The van der Waals surface area contributed by atoms with E-state index >= 15 is 0 Å². The van der Waals surface area contributed by atoms with Gasteiger partial charge in [-0.3, -0.25) is 9.69 Å². The first-order valence-corrected chi connectivity index (χ1v) is 10.2. The van der Waals surface area contributed by atoms with Gasteiger partial charge in [-0.1, -0.05) is 17.3 Å². The van der Waals surface area contributed by atoms with Crippen molar-refractivity contribution in [1.82, 2.24) is 20.0 Å². The summed E-state index contributed by atoms with van der Waals surface area (Å²) in [6.45, 7) is 5.83. The minimum absolute atomic E-state index is 0.0852. The second-order valence-electron chi connectivity index (χ2n) is 7.69. The Bertz CT molecular complexity index is 1020. The van der Waals surface area contributed by atoms with Gasteiger partial charge in [0.15, 0.2) is 5.82 Å². The van der Waals surface area contributed by atoms with Crippen LogP contribution in [-0.2, 0) is 4.79 Å². The Morgan fingerprint density at radius 2 is 2.13 bits per heavy atom. The van der Waals surface area contributed by atoms with Crippen molar-refractivity contribution < 1.29 is 9.32 Å². The molecular weight excluding hydrogens is 380 g/mol. The average Bonchev–Trinajstić information content (AvgIpc) is 3.14. The van der Waals surface area contributed by atoms with Gasteiger partial charge in [0.2, 0.25) is 5.91 Å². The summed E-state index contributed by atoms with van der Waals surface area (Å²) >= 11 is 0. The Kier molecular flexibility index (Phi) is 6.04. The predicted octanol–water partition coefficient (Wildman–Crippen LogP) is 3.64. The molecule has 0 aliphatic carbocycles. The molecule has 2 N–H and O–H groups in total. The van der Waals surface area contributed by atoms with E-state index in [1.54, 1.807) is 19.2 Å². The maximum atomic E-state index is 12.4. The molecule has 4 rings (SSSR count). The molecule has 8 heteroatoms. The van der Waals surface area contributed by atoms with Crippen LogP contribution in [0.25, 0.3) is 0 Å². The van der Waals surface area contributed by atoms with E-state index in [2.05, 4.69) is 31.7 Å². The van der Waals surface area contributed by atoms with Gasteiger partial charge in [0.05, 0.1) is 6.54 Å². The predicted molar refractivity (Wildman–Crippen MR) is 115 cm³/mol. The number of nitrogens with zero attached hydrogens (tertiary/aromatic N) is 4. The summed E-state index contributed by atoms with van der Waals surface area (Å²) in [6.07, 6.45) is 3.85. The number of hydrogen-bond donors (Lipinski definition) is 2. The Balaban J connectivity index is 1.38. The van der Waals surface area contributed by atoms with Crippen molar-refractivity contribution in [2.24, 2.45) is 0 Å². The highest BCUT2D eigenvalue weighted by Crippen LogP contribution is 2.27. The Hall–Kier alpha value is -3.26. The zero-order chi connectivity index (χ0) is 20.9. The number of piperidine rings is 1. The normalized spacial score (nSPS) is 16.9. The van der Waals surface area contributed by atoms with Crippen molar-refractivity contribution in [1.29, 1.82) is 0 Å².